The summed E-state index contributed by atoms with van der Waals surface area (Å²) in [5.74, 6) is 1.99. The average molecular weight is 1590 g/mol. The predicted molar refractivity (Wildman–Crippen MR) is 434 cm³/mol. The summed E-state index contributed by atoms with van der Waals surface area (Å²) in [4.78, 5) is 82.6. The smallest absolute Gasteiger partial charge is 0.338 e. The zero-order valence-electron chi connectivity index (χ0n) is 65.8. The second-order valence-electron chi connectivity index (χ2n) is 32.1. The molecule has 3 amide bonds. The third-order valence-corrected chi connectivity index (χ3v) is 24.7. The van der Waals surface area contributed by atoms with Gasteiger partial charge >= 0.3 is 16.2 Å². The highest BCUT2D eigenvalue weighted by atomic mass is 32.2. The van der Waals surface area contributed by atoms with E-state index in [4.69, 9.17) is 20.2 Å². The Labute approximate surface area is 659 Å². The number of rotatable bonds is 22. The Morgan fingerprint density at radius 3 is 1.58 bits per heavy atom. The van der Waals surface area contributed by atoms with Gasteiger partial charge in [0.1, 0.15) is 29.0 Å². The van der Waals surface area contributed by atoms with E-state index in [9.17, 15) is 44.4 Å². The van der Waals surface area contributed by atoms with Gasteiger partial charge in [0, 0.05) is 98.5 Å². The van der Waals surface area contributed by atoms with Crippen molar-refractivity contribution in [2.45, 2.75) is 167 Å². The van der Waals surface area contributed by atoms with Crippen LogP contribution >= 0.6 is 0 Å². The van der Waals surface area contributed by atoms with Crippen molar-refractivity contribution in [3.63, 3.8) is 0 Å². The summed E-state index contributed by atoms with van der Waals surface area (Å²) in [7, 11) is -12.4. The quantitative estimate of drug-likeness (QED) is 0.0458. The van der Waals surface area contributed by atoms with Crippen molar-refractivity contribution in [3.8, 4) is 17.0 Å². The van der Waals surface area contributed by atoms with Crippen molar-refractivity contribution in [1.29, 1.82) is 0 Å². The van der Waals surface area contributed by atoms with Crippen molar-refractivity contribution in [2.75, 3.05) is 72.0 Å². The maximum atomic E-state index is 13.3. The van der Waals surface area contributed by atoms with E-state index in [0.29, 0.717) is 89.9 Å². The molecule has 5 aliphatic rings. The fraction of sp³-hybridized carbons (Fsp3) is 0.434. The van der Waals surface area contributed by atoms with Crippen molar-refractivity contribution >= 4 is 77.2 Å². The minimum atomic E-state index is -4.24. The Bertz CT molecular complexity index is 5060. The lowest BCUT2D eigenvalue weighted by Crippen LogP contribution is -2.44. The number of nitrogens with zero attached hydrogens (tertiary/aromatic N) is 10. The van der Waals surface area contributed by atoms with Gasteiger partial charge in [0.05, 0.1) is 40.7 Å². The molecule has 3 unspecified atom stereocenters. The van der Waals surface area contributed by atoms with Crippen molar-refractivity contribution in [3.05, 3.63) is 203 Å². The van der Waals surface area contributed by atoms with Crippen LogP contribution in [0.4, 0.5) is 23.3 Å². The molecule has 112 heavy (non-hydrogen) atoms. The number of esters is 1. The van der Waals surface area contributed by atoms with E-state index in [-0.39, 0.29) is 62.0 Å². The molecule has 5 aliphatic heterocycles. The number of hydrogen-bond acceptors (Lipinski definition) is 22. The molecule has 8 aromatic rings. The largest absolute Gasteiger partial charge is 0.491 e. The molecule has 0 aliphatic carbocycles. The first-order chi connectivity index (χ1) is 53.0. The minimum Gasteiger partial charge on any atom is -0.491 e. The highest BCUT2D eigenvalue weighted by molar-refractivity contribution is 7.90. The van der Waals surface area contributed by atoms with Gasteiger partial charge in [0.2, 0.25) is 0 Å². The molecule has 5 saturated heterocycles. The third kappa shape index (κ3) is 20.3. The van der Waals surface area contributed by atoms with Gasteiger partial charge in [0.15, 0.2) is 10.1 Å². The molecule has 0 spiro atoms. The Balaban J connectivity index is 0.000000166. The van der Waals surface area contributed by atoms with Gasteiger partial charge in [-0.2, -0.15) is 29.6 Å². The van der Waals surface area contributed by atoms with E-state index in [1.54, 1.807) is 98.2 Å². The molecule has 3 aromatic carbocycles. The average Bonchev–Trinajstić information content (AvgIpc) is 1.49. The van der Waals surface area contributed by atoms with Gasteiger partial charge < -0.3 is 34.8 Å². The molecule has 5 N–H and O–H groups in total. The highest BCUT2D eigenvalue weighted by Gasteiger charge is 2.43. The van der Waals surface area contributed by atoms with E-state index in [1.807, 2.05) is 62.4 Å². The SMILES string of the molecule is CC(C)Oc1ccc(-c2ccc(C(=O)NS(=O)(=O)N3CC[C@@H](N)C3)c(N3C[C@@H](C)CC3(C)C)n2)cc1.CC1CN(c2ncccc2C(=O)NS(=O)(=O)c2cccc(N3CCC(Cc4ccccc4)C3)n2)C(C)(C)C1.CCOC(=O)c1ccc(Cc2cccc(S(=O)(=O)NC(=O)c3cccnc3N3CC(C)CC3(C)C)n2)cc1. The molecule has 0 bridgehead atoms. The van der Waals surface area contributed by atoms with Crippen LogP contribution in [-0.2, 0) is 47.8 Å². The molecule has 13 rings (SSSR count). The van der Waals surface area contributed by atoms with Crippen molar-refractivity contribution in [2.24, 2.45) is 29.4 Å². The fourth-order valence-corrected chi connectivity index (χ4v) is 19.0. The van der Waals surface area contributed by atoms with Crippen LogP contribution in [-0.4, -0.2) is 159 Å². The lowest BCUT2D eigenvalue weighted by molar-refractivity contribution is 0.0525. The summed E-state index contributed by atoms with van der Waals surface area (Å²) in [5.41, 5.74) is 10.5. The molecular weight excluding hydrogens is 1480 g/mol. The van der Waals surface area contributed by atoms with Crippen LogP contribution in [0.5, 0.6) is 5.75 Å². The Morgan fingerprint density at radius 1 is 0.536 bits per heavy atom. The van der Waals surface area contributed by atoms with Crippen LogP contribution in [0.3, 0.4) is 0 Å². The van der Waals surface area contributed by atoms with E-state index in [2.05, 4.69) is 128 Å². The molecular formula is C83H104N14O12S3. The number of sulfonamides is 2. The Morgan fingerprint density at radius 2 is 1.06 bits per heavy atom. The monoisotopic (exact) mass is 1580 g/mol. The first-order valence-electron chi connectivity index (χ1n) is 38.2. The number of nitrogens with two attached hydrogens (primary N) is 1. The fourth-order valence-electron chi connectivity index (χ4n) is 15.9. The molecule has 0 saturated carbocycles. The molecule has 0 radical (unpaired) electrons. The Hall–Kier alpha value is -9.94. The standard InChI is InChI=1S/C29H35N5O3S.C28H32N4O5S.C26H37N5O4S/c1-21-18-29(2,3)34(19-21)27-24(11-8-15-30-27)28(35)32-38(36,37)26-13-7-12-25(31-26)33-16-14-23(20-33)17-22-9-5-4-6-10-22;1-5-37-27(34)21-13-11-20(12-14-21)16-22-8-6-10-24(30-22)38(35,36)31-26(33)23-9-7-15-29-25(23)32-18-19(2)17-28(32,3)4;1-17(2)35-21-8-6-19(7-9-21)23-11-10-22(24(28-23)31-15-18(3)14-26(31,4)5)25(32)29-36(33,34)30-13-12-20(27)16-30/h4-13,15,21,23H,14,16-20H2,1-3H3,(H,32,35);6-15,19H,5,16-18H2,1-4H3,(H,31,33);6-11,17-18,20H,12-16,27H2,1-5H3,(H,29,32)/t;;18-,20+/m..0/s1. The molecule has 26 nitrogen and oxygen atoms in total. The van der Waals surface area contributed by atoms with E-state index < -0.39 is 53.9 Å². The minimum absolute atomic E-state index is 0.0744. The number of anilines is 4. The first kappa shape index (κ1) is 83.0. The lowest BCUT2D eigenvalue weighted by Gasteiger charge is -2.34. The van der Waals surface area contributed by atoms with Gasteiger partial charge in [-0.25, -0.2) is 43.9 Å². The predicted octanol–water partition coefficient (Wildman–Crippen LogP) is 11.4. The van der Waals surface area contributed by atoms with Gasteiger partial charge in [-0.1, -0.05) is 75.4 Å². The number of carbonyl (C=O) groups excluding carboxylic acids is 4. The first-order valence-corrected chi connectivity index (χ1v) is 42.6. The van der Waals surface area contributed by atoms with Gasteiger partial charge in [-0.05, 0) is 233 Å². The van der Waals surface area contributed by atoms with Crippen LogP contribution in [0.2, 0.25) is 0 Å². The van der Waals surface area contributed by atoms with E-state index in [0.717, 1.165) is 81.7 Å². The lowest BCUT2D eigenvalue weighted by atomic mass is 9.97. The maximum Gasteiger partial charge on any atom is 0.338 e. The molecule has 5 aromatic heterocycles. The molecule has 596 valence electrons. The Kier molecular flexibility index (Phi) is 25.6. The van der Waals surface area contributed by atoms with Crippen molar-refractivity contribution in [1.82, 2.24) is 43.4 Å². The summed E-state index contributed by atoms with van der Waals surface area (Å²) >= 11 is 0. The van der Waals surface area contributed by atoms with Crippen LogP contribution in [0, 0.1) is 23.7 Å². The number of amides is 3. The molecule has 10 heterocycles. The summed E-state index contributed by atoms with van der Waals surface area (Å²) in [6.07, 6.45) is 9.04. The normalized spacial score (nSPS) is 20.0. The van der Waals surface area contributed by atoms with Crippen LogP contribution in [0.1, 0.15) is 173 Å². The third-order valence-electron chi connectivity index (χ3n) is 20.8. The zero-order valence-corrected chi connectivity index (χ0v) is 68.3. The summed E-state index contributed by atoms with van der Waals surface area (Å²) in [6.45, 7) is 29.4. The maximum absolute atomic E-state index is 13.3. The van der Waals surface area contributed by atoms with E-state index in [1.165, 1.54) is 22.0 Å². The second kappa shape index (κ2) is 34.6. The number of nitrogens with one attached hydrogen (secondary N) is 3. The van der Waals surface area contributed by atoms with Crippen LogP contribution in [0.25, 0.3) is 11.3 Å². The topological polar surface area (TPSA) is 332 Å². The second-order valence-corrected chi connectivity index (χ2v) is 37.0. The summed E-state index contributed by atoms with van der Waals surface area (Å²) in [5, 5.41) is -0.428. The highest BCUT2D eigenvalue weighted by Crippen LogP contribution is 2.41. The van der Waals surface area contributed by atoms with Crippen molar-refractivity contribution < 1.29 is 53.9 Å². The number of ether oxygens (including phenoxy) is 2. The van der Waals surface area contributed by atoms with Gasteiger partial charge in [-0.3, -0.25) is 14.4 Å². The number of pyridine rings is 5. The zero-order chi connectivity index (χ0) is 80.7. The van der Waals surface area contributed by atoms with E-state index >= 15 is 0 Å². The van der Waals surface area contributed by atoms with Crippen LogP contribution < -0.4 is 44.2 Å². The number of carbonyl (C=O) groups is 4. The summed E-state index contributed by atoms with van der Waals surface area (Å²) in [6, 6.07) is 44.1. The van der Waals surface area contributed by atoms with Gasteiger partial charge in [0.25, 0.3) is 37.8 Å². The molecule has 5 atom stereocenters. The number of aromatic nitrogens is 5. The van der Waals surface area contributed by atoms with Crippen LogP contribution in [0.15, 0.2) is 174 Å². The molecule has 5 fully saturated rings. The van der Waals surface area contributed by atoms with Gasteiger partial charge in [-0.15, -0.1) is 0 Å². The molecule has 29 heteroatoms. The summed E-state index contributed by atoms with van der Waals surface area (Å²) < 4.78 is 97.1. The number of benzene rings is 3. The number of hydrogen-bond donors (Lipinski definition) is 4.